The largest absolute Gasteiger partial charge is 0.321 e. The summed E-state index contributed by atoms with van der Waals surface area (Å²) in [7, 11) is -3.49. The second-order valence-electron chi connectivity index (χ2n) is 4.97. The fourth-order valence-electron chi connectivity index (χ4n) is 1.97. The van der Waals surface area contributed by atoms with E-state index in [4.69, 9.17) is 0 Å². The van der Waals surface area contributed by atoms with Gasteiger partial charge in [-0.1, -0.05) is 36.4 Å². The van der Waals surface area contributed by atoms with Crippen LogP contribution in [-0.4, -0.2) is 20.1 Å². The molecule has 1 amide bonds. The Morgan fingerprint density at radius 2 is 1.57 bits per heavy atom. The molecular formula is C16H15F2NO3S. The summed E-state index contributed by atoms with van der Waals surface area (Å²) in [5, 5.41) is 2.06. The molecule has 0 saturated carbocycles. The highest BCUT2D eigenvalue weighted by molar-refractivity contribution is 7.90. The van der Waals surface area contributed by atoms with E-state index in [1.165, 1.54) is 6.07 Å². The lowest BCUT2D eigenvalue weighted by Gasteiger charge is -2.08. The number of sulfone groups is 1. The highest BCUT2D eigenvalue weighted by Gasteiger charge is 2.16. The van der Waals surface area contributed by atoms with E-state index in [0.717, 1.165) is 12.1 Å². The molecule has 0 aliphatic rings. The maximum atomic E-state index is 13.4. The van der Waals surface area contributed by atoms with Crippen molar-refractivity contribution in [3.8, 4) is 0 Å². The van der Waals surface area contributed by atoms with Gasteiger partial charge in [-0.25, -0.2) is 17.2 Å². The number of halogens is 2. The molecule has 2 aromatic rings. The van der Waals surface area contributed by atoms with Crippen LogP contribution >= 0.6 is 0 Å². The lowest BCUT2D eigenvalue weighted by atomic mass is 10.2. The molecule has 0 bridgehead atoms. The van der Waals surface area contributed by atoms with Gasteiger partial charge in [-0.2, -0.15) is 0 Å². The number of carbonyl (C=O) groups excluding carboxylic acids is 1. The molecule has 0 atom stereocenters. The Morgan fingerprint density at radius 1 is 0.957 bits per heavy atom. The molecule has 0 aliphatic carbocycles. The quantitative estimate of drug-likeness (QED) is 0.880. The van der Waals surface area contributed by atoms with Gasteiger partial charge in [0.05, 0.1) is 11.5 Å². The average molecular weight is 339 g/mol. The smallest absolute Gasteiger partial charge is 0.225 e. The standard InChI is InChI=1S/C16H15F2NO3S/c17-13-7-4-8-14(18)16(13)19-15(20)9-10-23(21,22)11-12-5-2-1-3-6-12/h1-8H,9-11H2,(H,19,20). The maximum Gasteiger partial charge on any atom is 0.225 e. The summed E-state index contributed by atoms with van der Waals surface area (Å²) >= 11 is 0. The molecular weight excluding hydrogens is 324 g/mol. The first-order valence-corrected chi connectivity index (χ1v) is 8.68. The van der Waals surface area contributed by atoms with Crippen LogP contribution in [0.3, 0.4) is 0 Å². The monoisotopic (exact) mass is 339 g/mol. The molecule has 0 aliphatic heterocycles. The van der Waals surface area contributed by atoms with Crippen molar-refractivity contribution in [3.05, 3.63) is 65.7 Å². The van der Waals surface area contributed by atoms with Gasteiger partial charge in [0.1, 0.15) is 17.3 Å². The van der Waals surface area contributed by atoms with Crippen LogP contribution < -0.4 is 5.32 Å². The van der Waals surface area contributed by atoms with E-state index in [-0.39, 0.29) is 12.2 Å². The number of hydrogen-bond acceptors (Lipinski definition) is 3. The Labute approximate surface area is 133 Å². The molecule has 122 valence electrons. The average Bonchev–Trinajstić information content (AvgIpc) is 2.50. The van der Waals surface area contributed by atoms with Crippen LogP contribution in [0.15, 0.2) is 48.5 Å². The van der Waals surface area contributed by atoms with Gasteiger partial charge < -0.3 is 5.32 Å². The van der Waals surface area contributed by atoms with Gasteiger partial charge in [0.2, 0.25) is 5.91 Å². The van der Waals surface area contributed by atoms with Gasteiger partial charge in [-0.15, -0.1) is 0 Å². The van der Waals surface area contributed by atoms with E-state index in [1.54, 1.807) is 30.3 Å². The van der Waals surface area contributed by atoms with E-state index in [1.807, 2.05) is 0 Å². The first-order chi connectivity index (χ1) is 10.9. The van der Waals surface area contributed by atoms with Crippen molar-refractivity contribution < 1.29 is 22.0 Å². The van der Waals surface area contributed by atoms with Gasteiger partial charge in [-0.05, 0) is 17.7 Å². The van der Waals surface area contributed by atoms with Crippen LogP contribution in [0.2, 0.25) is 0 Å². The third-order valence-electron chi connectivity index (χ3n) is 3.10. The zero-order chi connectivity index (χ0) is 16.9. The Hall–Kier alpha value is -2.28. The maximum absolute atomic E-state index is 13.4. The van der Waals surface area contributed by atoms with Crippen molar-refractivity contribution in [1.82, 2.24) is 0 Å². The Bertz CT molecular complexity index is 772. The molecule has 4 nitrogen and oxygen atoms in total. The molecule has 7 heteroatoms. The number of nitrogens with one attached hydrogen (secondary N) is 1. The molecule has 0 fully saturated rings. The summed E-state index contributed by atoms with van der Waals surface area (Å²) in [6.45, 7) is 0. The number of carbonyl (C=O) groups is 1. The Balaban J connectivity index is 1.93. The molecule has 0 radical (unpaired) electrons. The molecule has 2 rings (SSSR count). The van der Waals surface area contributed by atoms with Crippen LogP contribution in [0.1, 0.15) is 12.0 Å². The van der Waals surface area contributed by atoms with Crippen LogP contribution in [0, 0.1) is 11.6 Å². The van der Waals surface area contributed by atoms with E-state index >= 15 is 0 Å². The van der Waals surface area contributed by atoms with Crippen molar-refractivity contribution in [2.75, 3.05) is 11.1 Å². The summed E-state index contributed by atoms with van der Waals surface area (Å²) in [5.41, 5.74) is 0.0472. The fraction of sp³-hybridized carbons (Fsp3) is 0.188. The second-order valence-corrected chi connectivity index (χ2v) is 7.16. The van der Waals surface area contributed by atoms with Crippen LogP contribution in [-0.2, 0) is 20.4 Å². The lowest BCUT2D eigenvalue weighted by molar-refractivity contribution is -0.115. The van der Waals surface area contributed by atoms with E-state index in [2.05, 4.69) is 5.32 Å². The molecule has 1 N–H and O–H groups in total. The summed E-state index contributed by atoms with van der Waals surface area (Å²) in [4.78, 5) is 11.7. The number of para-hydroxylation sites is 1. The summed E-state index contributed by atoms with van der Waals surface area (Å²) < 4.78 is 50.7. The Kier molecular flexibility index (Phi) is 5.44. The Morgan fingerprint density at radius 3 is 2.17 bits per heavy atom. The first kappa shape index (κ1) is 17.1. The van der Waals surface area contributed by atoms with Crippen molar-refractivity contribution >= 4 is 21.4 Å². The van der Waals surface area contributed by atoms with E-state index in [9.17, 15) is 22.0 Å². The summed E-state index contributed by atoms with van der Waals surface area (Å²) in [5.74, 6) is -3.17. The van der Waals surface area contributed by atoms with Gasteiger partial charge in [0, 0.05) is 6.42 Å². The van der Waals surface area contributed by atoms with Crippen molar-refractivity contribution in [1.29, 1.82) is 0 Å². The first-order valence-electron chi connectivity index (χ1n) is 6.85. The topological polar surface area (TPSA) is 63.2 Å². The highest BCUT2D eigenvalue weighted by atomic mass is 32.2. The molecule has 0 aromatic heterocycles. The fourth-order valence-corrected chi connectivity index (χ4v) is 3.31. The number of anilines is 1. The van der Waals surface area contributed by atoms with Crippen molar-refractivity contribution in [2.45, 2.75) is 12.2 Å². The third kappa shape index (κ3) is 5.14. The minimum absolute atomic E-state index is 0.185. The zero-order valence-electron chi connectivity index (χ0n) is 12.1. The van der Waals surface area contributed by atoms with Gasteiger partial charge in [-0.3, -0.25) is 4.79 Å². The van der Waals surface area contributed by atoms with Crippen molar-refractivity contribution in [2.24, 2.45) is 0 Å². The summed E-state index contributed by atoms with van der Waals surface area (Å²) in [6, 6.07) is 11.7. The van der Waals surface area contributed by atoms with Gasteiger partial charge in [0.25, 0.3) is 0 Å². The predicted octanol–water partition coefficient (Wildman–Crippen LogP) is 2.91. The number of rotatable bonds is 6. The highest BCUT2D eigenvalue weighted by Crippen LogP contribution is 2.18. The van der Waals surface area contributed by atoms with E-state index in [0.29, 0.717) is 5.56 Å². The van der Waals surface area contributed by atoms with Crippen LogP contribution in [0.4, 0.5) is 14.5 Å². The SMILES string of the molecule is O=C(CCS(=O)(=O)Cc1ccccc1)Nc1c(F)cccc1F. The second kappa shape index (κ2) is 7.32. The normalized spacial score (nSPS) is 11.2. The zero-order valence-corrected chi connectivity index (χ0v) is 12.9. The molecule has 0 saturated heterocycles. The molecule has 0 heterocycles. The minimum atomic E-state index is -3.49. The van der Waals surface area contributed by atoms with Crippen LogP contribution in [0.25, 0.3) is 0 Å². The van der Waals surface area contributed by atoms with E-state index < -0.39 is 38.8 Å². The number of hydrogen-bond donors (Lipinski definition) is 1. The predicted molar refractivity (Wildman–Crippen MR) is 83.5 cm³/mol. The van der Waals surface area contributed by atoms with Gasteiger partial charge in [0.15, 0.2) is 9.84 Å². The third-order valence-corrected chi connectivity index (χ3v) is 4.70. The lowest BCUT2D eigenvalue weighted by Crippen LogP contribution is -2.19. The van der Waals surface area contributed by atoms with Crippen LogP contribution in [0.5, 0.6) is 0 Å². The molecule has 0 unspecified atom stereocenters. The summed E-state index contributed by atoms with van der Waals surface area (Å²) in [6.07, 6.45) is -0.372. The molecule has 23 heavy (non-hydrogen) atoms. The van der Waals surface area contributed by atoms with Crippen molar-refractivity contribution in [3.63, 3.8) is 0 Å². The molecule has 2 aromatic carbocycles. The molecule has 0 spiro atoms. The number of benzene rings is 2. The number of amides is 1. The minimum Gasteiger partial charge on any atom is -0.321 e. The van der Waals surface area contributed by atoms with Gasteiger partial charge >= 0.3 is 0 Å².